The average Bonchev–Trinajstić information content (AvgIpc) is 2.24. The molecule has 1 saturated carbocycles. The van der Waals surface area contributed by atoms with Crippen molar-refractivity contribution in [3.63, 3.8) is 0 Å². The zero-order chi connectivity index (χ0) is 11.8. The monoisotopic (exact) mass is 230 g/mol. The molecule has 1 fully saturated rings. The number of pyridine rings is 1. The highest BCUT2D eigenvalue weighted by molar-refractivity contribution is 5.24. The Labute approximate surface area is 91.7 Å². The summed E-state index contributed by atoms with van der Waals surface area (Å²) in [6, 6.07) is 1.47. The van der Waals surface area contributed by atoms with Gasteiger partial charge in [0.15, 0.2) is 0 Å². The van der Waals surface area contributed by atoms with Crippen LogP contribution in [0.2, 0.25) is 0 Å². The molecule has 5 heteroatoms. The number of halogens is 3. The smallest absolute Gasteiger partial charge is 0.248 e. The summed E-state index contributed by atoms with van der Waals surface area (Å²) in [4.78, 5) is 3.62. The summed E-state index contributed by atoms with van der Waals surface area (Å²) >= 11 is 0. The first-order valence-electron chi connectivity index (χ1n) is 5.20. The van der Waals surface area contributed by atoms with E-state index in [2.05, 4.69) is 4.98 Å². The third-order valence-electron chi connectivity index (χ3n) is 3.18. The van der Waals surface area contributed by atoms with E-state index < -0.39 is 17.3 Å². The van der Waals surface area contributed by atoms with Crippen LogP contribution in [0.5, 0.6) is 0 Å². The van der Waals surface area contributed by atoms with Gasteiger partial charge in [-0.05, 0) is 18.9 Å². The van der Waals surface area contributed by atoms with Crippen molar-refractivity contribution in [1.29, 1.82) is 0 Å². The molecule has 0 aromatic carbocycles. The van der Waals surface area contributed by atoms with E-state index in [1.54, 1.807) is 0 Å². The molecule has 1 aliphatic carbocycles. The Morgan fingerprint density at radius 1 is 1.19 bits per heavy atom. The number of aromatic nitrogens is 1. The van der Waals surface area contributed by atoms with E-state index in [4.69, 9.17) is 5.73 Å². The van der Waals surface area contributed by atoms with Gasteiger partial charge in [-0.15, -0.1) is 0 Å². The minimum Gasteiger partial charge on any atom is -0.321 e. The second kappa shape index (κ2) is 3.73. The Morgan fingerprint density at radius 3 is 2.38 bits per heavy atom. The highest BCUT2D eigenvalue weighted by Crippen LogP contribution is 2.42. The van der Waals surface area contributed by atoms with Crippen molar-refractivity contribution in [2.24, 2.45) is 5.73 Å². The summed E-state index contributed by atoms with van der Waals surface area (Å²) in [7, 11) is 0. The van der Waals surface area contributed by atoms with Gasteiger partial charge in [0.1, 0.15) is 5.82 Å². The minimum absolute atomic E-state index is 0.0981. The molecule has 2 N–H and O–H groups in total. The quantitative estimate of drug-likeness (QED) is 0.805. The second-order valence-electron chi connectivity index (χ2n) is 4.37. The molecule has 0 saturated heterocycles. The normalized spacial score (nSPS) is 23.0. The molecule has 1 aromatic heterocycles. The second-order valence-corrected chi connectivity index (χ2v) is 4.37. The molecule has 0 spiro atoms. The molecule has 0 unspecified atom stereocenters. The van der Waals surface area contributed by atoms with Crippen LogP contribution in [-0.2, 0) is 5.54 Å². The van der Waals surface area contributed by atoms with Gasteiger partial charge in [-0.3, -0.25) is 4.98 Å². The zero-order valence-electron chi connectivity index (χ0n) is 8.72. The van der Waals surface area contributed by atoms with Gasteiger partial charge >= 0.3 is 0 Å². The summed E-state index contributed by atoms with van der Waals surface area (Å²) < 4.78 is 39.5. The Hall–Kier alpha value is -1.10. The highest BCUT2D eigenvalue weighted by Gasteiger charge is 2.43. The molecular formula is C11H13F3N2. The van der Waals surface area contributed by atoms with Gasteiger partial charge in [-0.25, -0.2) is 13.2 Å². The Balaban J connectivity index is 2.25. The van der Waals surface area contributed by atoms with E-state index in [-0.39, 0.29) is 31.2 Å². The molecule has 0 amide bonds. The fourth-order valence-corrected chi connectivity index (χ4v) is 2.11. The lowest BCUT2D eigenvalue weighted by Crippen LogP contribution is -2.44. The molecule has 1 aromatic rings. The largest absolute Gasteiger partial charge is 0.321 e. The summed E-state index contributed by atoms with van der Waals surface area (Å²) in [5.74, 6) is -3.18. The van der Waals surface area contributed by atoms with Crippen LogP contribution >= 0.6 is 0 Å². The number of alkyl halides is 2. The molecule has 0 atom stereocenters. The van der Waals surface area contributed by atoms with Gasteiger partial charge in [-0.1, -0.05) is 0 Å². The first-order valence-corrected chi connectivity index (χ1v) is 5.20. The number of rotatable bonds is 1. The lowest BCUT2D eigenvalue weighted by molar-refractivity contribution is -0.0518. The Bertz CT molecular complexity index is 383. The molecular weight excluding hydrogens is 217 g/mol. The van der Waals surface area contributed by atoms with Crippen LogP contribution in [0.25, 0.3) is 0 Å². The molecule has 0 bridgehead atoms. The molecule has 0 aliphatic heterocycles. The van der Waals surface area contributed by atoms with Crippen molar-refractivity contribution in [2.45, 2.75) is 37.1 Å². The van der Waals surface area contributed by atoms with Crippen LogP contribution in [-0.4, -0.2) is 10.9 Å². The van der Waals surface area contributed by atoms with Crippen LogP contribution in [0, 0.1) is 5.82 Å². The zero-order valence-corrected chi connectivity index (χ0v) is 8.72. The van der Waals surface area contributed by atoms with Crippen LogP contribution in [0.15, 0.2) is 18.5 Å². The molecule has 1 aliphatic rings. The van der Waals surface area contributed by atoms with E-state index in [0.29, 0.717) is 0 Å². The van der Waals surface area contributed by atoms with Gasteiger partial charge in [0, 0.05) is 30.1 Å². The van der Waals surface area contributed by atoms with E-state index in [0.717, 1.165) is 6.20 Å². The van der Waals surface area contributed by atoms with Crippen molar-refractivity contribution in [3.8, 4) is 0 Å². The van der Waals surface area contributed by atoms with Gasteiger partial charge in [-0.2, -0.15) is 0 Å². The third kappa shape index (κ3) is 2.04. The molecule has 2 nitrogen and oxygen atoms in total. The first-order chi connectivity index (χ1) is 7.43. The summed E-state index contributed by atoms with van der Waals surface area (Å²) in [6.07, 6.45) is 2.12. The topological polar surface area (TPSA) is 38.9 Å². The Kier molecular flexibility index (Phi) is 2.66. The molecule has 2 rings (SSSR count). The maximum absolute atomic E-state index is 13.5. The van der Waals surface area contributed by atoms with Crippen molar-refractivity contribution in [2.75, 3.05) is 0 Å². The SMILES string of the molecule is NC1(c2ccncc2F)CCC(F)(F)CC1. The van der Waals surface area contributed by atoms with Gasteiger partial charge in [0.2, 0.25) is 5.92 Å². The molecule has 1 heterocycles. The number of hydrogen-bond donors (Lipinski definition) is 1. The van der Waals surface area contributed by atoms with E-state index >= 15 is 0 Å². The van der Waals surface area contributed by atoms with Crippen molar-refractivity contribution in [3.05, 3.63) is 29.8 Å². The van der Waals surface area contributed by atoms with Gasteiger partial charge < -0.3 is 5.73 Å². The van der Waals surface area contributed by atoms with E-state index in [1.807, 2.05) is 0 Å². The predicted octanol–water partition coefficient (Wildman–Crippen LogP) is 2.58. The number of nitrogens with zero attached hydrogens (tertiary/aromatic N) is 1. The summed E-state index contributed by atoms with van der Waals surface area (Å²) in [5, 5.41) is 0. The van der Waals surface area contributed by atoms with Crippen LogP contribution in [0.4, 0.5) is 13.2 Å². The minimum atomic E-state index is -2.66. The fourth-order valence-electron chi connectivity index (χ4n) is 2.11. The number of hydrogen-bond acceptors (Lipinski definition) is 2. The Morgan fingerprint density at radius 2 is 1.81 bits per heavy atom. The van der Waals surface area contributed by atoms with Gasteiger partial charge in [0.05, 0.1) is 6.20 Å². The molecule has 88 valence electrons. The molecule has 0 radical (unpaired) electrons. The van der Waals surface area contributed by atoms with Crippen LogP contribution in [0.3, 0.4) is 0 Å². The maximum atomic E-state index is 13.5. The maximum Gasteiger partial charge on any atom is 0.248 e. The third-order valence-corrected chi connectivity index (χ3v) is 3.18. The number of nitrogens with two attached hydrogens (primary N) is 1. The van der Waals surface area contributed by atoms with E-state index in [9.17, 15) is 13.2 Å². The summed E-state index contributed by atoms with van der Waals surface area (Å²) in [6.45, 7) is 0. The first kappa shape index (κ1) is 11.4. The van der Waals surface area contributed by atoms with Crippen molar-refractivity contribution in [1.82, 2.24) is 4.98 Å². The fraction of sp³-hybridized carbons (Fsp3) is 0.545. The van der Waals surface area contributed by atoms with Crippen LogP contribution in [0.1, 0.15) is 31.2 Å². The van der Waals surface area contributed by atoms with E-state index in [1.165, 1.54) is 12.3 Å². The molecule has 16 heavy (non-hydrogen) atoms. The lowest BCUT2D eigenvalue weighted by Gasteiger charge is -2.37. The average molecular weight is 230 g/mol. The lowest BCUT2D eigenvalue weighted by atomic mass is 9.76. The predicted molar refractivity (Wildman–Crippen MR) is 53.5 cm³/mol. The van der Waals surface area contributed by atoms with Crippen LogP contribution < -0.4 is 5.73 Å². The van der Waals surface area contributed by atoms with Crippen molar-refractivity contribution >= 4 is 0 Å². The standard InChI is InChI=1S/C11H13F3N2/c12-9-7-16-6-1-8(9)10(15)2-4-11(13,14)5-3-10/h1,6-7H,2-5,15H2. The van der Waals surface area contributed by atoms with Gasteiger partial charge in [0.25, 0.3) is 0 Å². The highest BCUT2D eigenvalue weighted by atomic mass is 19.3. The summed E-state index contributed by atoms with van der Waals surface area (Å²) in [5.41, 5.74) is 5.31. The van der Waals surface area contributed by atoms with Crippen molar-refractivity contribution < 1.29 is 13.2 Å².